The maximum Gasteiger partial charge on any atom is 0.251 e. The lowest BCUT2D eigenvalue weighted by molar-refractivity contribution is 0.0954. The number of aromatic nitrogens is 3. The van der Waals surface area contributed by atoms with E-state index in [0.29, 0.717) is 18.5 Å². The highest BCUT2D eigenvalue weighted by Crippen LogP contribution is 2.17. The van der Waals surface area contributed by atoms with Gasteiger partial charge in [-0.05, 0) is 29.7 Å². The van der Waals surface area contributed by atoms with Crippen molar-refractivity contribution in [1.82, 2.24) is 25.0 Å². The zero-order valence-electron chi connectivity index (χ0n) is 16.3. The maximum atomic E-state index is 12.9. The van der Waals surface area contributed by atoms with E-state index in [1.807, 2.05) is 0 Å². The Morgan fingerprint density at radius 3 is 2.59 bits per heavy atom. The molecular weight excluding hydrogens is 345 g/mol. The summed E-state index contributed by atoms with van der Waals surface area (Å²) in [5, 5.41) is 11.5. The average Bonchev–Trinajstić information content (AvgIpc) is 2.88. The van der Waals surface area contributed by atoms with Crippen LogP contribution in [0.4, 0.5) is 4.39 Å². The van der Waals surface area contributed by atoms with Crippen LogP contribution >= 0.6 is 0 Å². The van der Waals surface area contributed by atoms with Gasteiger partial charge in [0.15, 0.2) is 0 Å². The molecule has 146 valence electrons. The van der Waals surface area contributed by atoms with Crippen LogP contribution in [0.15, 0.2) is 24.3 Å². The number of carbonyl (C=O) groups excluding carboxylic acids is 1. The predicted molar refractivity (Wildman–Crippen MR) is 102 cm³/mol. The minimum absolute atomic E-state index is 0.207. The molecule has 0 atom stereocenters. The Labute approximate surface area is 159 Å². The quantitative estimate of drug-likeness (QED) is 0.874. The van der Waals surface area contributed by atoms with E-state index in [2.05, 4.69) is 45.8 Å². The highest BCUT2D eigenvalue weighted by Gasteiger charge is 2.22. The maximum absolute atomic E-state index is 12.9. The molecule has 1 N–H and O–H groups in total. The smallest absolute Gasteiger partial charge is 0.251 e. The number of nitrogens with zero attached hydrogens (tertiary/aromatic N) is 4. The van der Waals surface area contributed by atoms with Crippen molar-refractivity contribution in [3.8, 4) is 0 Å². The fourth-order valence-electron chi connectivity index (χ4n) is 3.43. The molecule has 1 aromatic carbocycles. The third-order valence-electron chi connectivity index (χ3n) is 4.63. The first kappa shape index (κ1) is 19.5. The molecule has 1 aliphatic heterocycles. The van der Waals surface area contributed by atoms with Gasteiger partial charge < -0.3 is 14.8 Å². The molecule has 0 unspecified atom stereocenters. The lowest BCUT2D eigenvalue weighted by Gasteiger charge is -2.28. The SMILES string of the molecule is CC(C)(C)CN1CCc2nnc(CCNC(=O)c3ccc(F)cc3)n2CC1. The standard InChI is InChI=1S/C20H28FN5O/c1-20(2,3)14-25-11-9-18-24-23-17(26(18)13-12-25)8-10-22-19(27)15-4-6-16(21)7-5-15/h4-7H,8-14H2,1-3H3,(H,22,27). The van der Waals surface area contributed by atoms with E-state index in [9.17, 15) is 9.18 Å². The Kier molecular flexibility index (Phi) is 5.89. The van der Waals surface area contributed by atoms with E-state index >= 15 is 0 Å². The van der Waals surface area contributed by atoms with Crippen molar-refractivity contribution < 1.29 is 9.18 Å². The molecule has 1 amide bonds. The molecule has 0 radical (unpaired) electrons. The number of halogens is 1. The third kappa shape index (κ3) is 5.35. The van der Waals surface area contributed by atoms with Crippen LogP contribution in [0.1, 0.15) is 42.8 Å². The van der Waals surface area contributed by atoms with Gasteiger partial charge >= 0.3 is 0 Å². The Balaban J connectivity index is 1.54. The van der Waals surface area contributed by atoms with Gasteiger partial charge in [0.05, 0.1) is 0 Å². The Hall–Kier alpha value is -2.28. The number of benzene rings is 1. The number of carbonyl (C=O) groups is 1. The van der Waals surface area contributed by atoms with Gasteiger partial charge in [0.1, 0.15) is 17.5 Å². The van der Waals surface area contributed by atoms with Crippen LogP contribution in [0.3, 0.4) is 0 Å². The van der Waals surface area contributed by atoms with E-state index in [-0.39, 0.29) is 17.1 Å². The van der Waals surface area contributed by atoms with Crippen LogP contribution in [-0.2, 0) is 19.4 Å². The predicted octanol–water partition coefficient (Wildman–Crippen LogP) is 2.29. The second kappa shape index (κ2) is 8.17. The fourth-order valence-corrected chi connectivity index (χ4v) is 3.43. The second-order valence-electron chi connectivity index (χ2n) is 8.28. The lowest BCUT2D eigenvalue weighted by Crippen LogP contribution is -2.35. The number of hydrogen-bond acceptors (Lipinski definition) is 4. The van der Waals surface area contributed by atoms with Crippen molar-refractivity contribution in [3.63, 3.8) is 0 Å². The van der Waals surface area contributed by atoms with E-state index in [0.717, 1.165) is 44.2 Å². The van der Waals surface area contributed by atoms with Crippen molar-refractivity contribution in [1.29, 1.82) is 0 Å². The molecule has 0 fully saturated rings. The first-order valence-electron chi connectivity index (χ1n) is 9.49. The summed E-state index contributed by atoms with van der Waals surface area (Å²) in [5.74, 6) is 1.37. The van der Waals surface area contributed by atoms with Crippen LogP contribution in [0.2, 0.25) is 0 Å². The van der Waals surface area contributed by atoms with Gasteiger partial charge in [-0.15, -0.1) is 10.2 Å². The molecule has 3 rings (SSSR count). The molecule has 0 spiro atoms. The lowest BCUT2D eigenvalue weighted by atomic mass is 9.96. The molecular formula is C20H28FN5O. The Morgan fingerprint density at radius 2 is 1.89 bits per heavy atom. The molecule has 0 bridgehead atoms. The zero-order chi connectivity index (χ0) is 19.4. The van der Waals surface area contributed by atoms with Gasteiger partial charge in [-0.3, -0.25) is 4.79 Å². The number of amides is 1. The van der Waals surface area contributed by atoms with E-state index in [1.165, 1.54) is 24.3 Å². The summed E-state index contributed by atoms with van der Waals surface area (Å²) in [7, 11) is 0. The summed E-state index contributed by atoms with van der Waals surface area (Å²) in [6.45, 7) is 11.2. The molecule has 27 heavy (non-hydrogen) atoms. The van der Waals surface area contributed by atoms with Crippen molar-refractivity contribution in [2.24, 2.45) is 5.41 Å². The molecule has 0 saturated heterocycles. The van der Waals surface area contributed by atoms with E-state index in [1.54, 1.807) is 0 Å². The molecule has 2 heterocycles. The minimum atomic E-state index is -0.349. The van der Waals surface area contributed by atoms with Crippen LogP contribution in [-0.4, -0.2) is 51.8 Å². The number of fused-ring (bicyclic) bond motifs is 1. The molecule has 0 aliphatic carbocycles. The number of rotatable bonds is 5. The fraction of sp³-hybridized carbons (Fsp3) is 0.550. The first-order chi connectivity index (χ1) is 12.8. The summed E-state index contributed by atoms with van der Waals surface area (Å²) in [6, 6.07) is 5.54. The van der Waals surface area contributed by atoms with Crippen molar-refractivity contribution in [2.75, 3.05) is 26.2 Å². The molecule has 7 heteroatoms. The van der Waals surface area contributed by atoms with Gasteiger partial charge in [-0.1, -0.05) is 20.8 Å². The first-order valence-corrected chi connectivity index (χ1v) is 9.49. The highest BCUT2D eigenvalue weighted by atomic mass is 19.1. The van der Waals surface area contributed by atoms with E-state index in [4.69, 9.17) is 0 Å². The Bertz CT molecular complexity index is 779. The van der Waals surface area contributed by atoms with Gasteiger partial charge in [-0.2, -0.15) is 0 Å². The monoisotopic (exact) mass is 373 g/mol. The van der Waals surface area contributed by atoms with Crippen LogP contribution in [0.5, 0.6) is 0 Å². The van der Waals surface area contributed by atoms with Crippen LogP contribution in [0.25, 0.3) is 0 Å². The largest absolute Gasteiger partial charge is 0.352 e. The van der Waals surface area contributed by atoms with Crippen molar-refractivity contribution in [2.45, 2.75) is 40.2 Å². The summed E-state index contributed by atoms with van der Waals surface area (Å²) in [5.41, 5.74) is 0.729. The summed E-state index contributed by atoms with van der Waals surface area (Å²) < 4.78 is 15.1. The summed E-state index contributed by atoms with van der Waals surface area (Å²) >= 11 is 0. The number of nitrogens with one attached hydrogen (secondary N) is 1. The van der Waals surface area contributed by atoms with Gasteiger partial charge in [0.25, 0.3) is 5.91 Å². The average molecular weight is 373 g/mol. The Morgan fingerprint density at radius 1 is 1.15 bits per heavy atom. The summed E-state index contributed by atoms with van der Waals surface area (Å²) in [4.78, 5) is 14.6. The number of hydrogen-bond donors (Lipinski definition) is 1. The molecule has 0 saturated carbocycles. The second-order valence-corrected chi connectivity index (χ2v) is 8.28. The minimum Gasteiger partial charge on any atom is -0.352 e. The van der Waals surface area contributed by atoms with Crippen molar-refractivity contribution >= 4 is 5.91 Å². The summed E-state index contributed by atoms with van der Waals surface area (Å²) in [6.07, 6.45) is 1.52. The van der Waals surface area contributed by atoms with Gasteiger partial charge in [-0.25, -0.2) is 4.39 Å². The normalized spacial score (nSPS) is 15.3. The third-order valence-corrected chi connectivity index (χ3v) is 4.63. The van der Waals surface area contributed by atoms with Crippen LogP contribution < -0.4 is 5.32 Å². The van der Waals surface area contributed by atoms with Gasteiger partial charge in [0, 0.05) is 51.1 Å². The molecule has 6 nitrogen and oxygen atoms in total. The topological polar surface area (TPSA) is 63.1 Å². The van der Waals surface area contributed by atoms with E-state index < -0.39 is 0 Å². The van der Waals surface area contributed by atoms with Crippen LogP contribution in [0, 0.1) is 11.2 Å². The van der Waals surface area contributed by atoms with Crippen molar-refractivity contribution in [3.05, 3.63) is 47.3 Å². The highest BCUT2D eigenvalue weighted by molar-refractivity contribution is 5.94. The molecule has 1 aromatic heterocycles. The molecule has 2 aromatic rings. The zero-order valence-corrected chi connectivity index (χ0v) is 16.3. The molecule has 1 aliphatic rings. The van der Waals surface area contributed by atoms with Gasteiger partial charge in [0.2, 0.25) is 0 Å².